The van der Waals surface area contributed by atoms with Gasteiger partial charge < -0.3 is 4.74 Å². The Morgan fingerprint density at radius 2 is 1.73 bits per heavy atom. The molecule has 4 heteroatoms. The highest BCUT2D eigenvalue weighted by Crippen LogP contribution is 2.17. The van der Waals surface area contributed by atoms with Crippen molar-refractivity contribution in [1.82, 2.24) is 15.0 Å². The van der Waals surface area contributed by atoms with Gasteiger partial charge in [-0.1, -0.05) is 0 Å². The Bertz CT molecular complexity index is 436. The van der Waals surface area contributed by atoms with E-state index < -0.39 is 0 Å². The highest BCUT2D eigenvalue weighted by atomic mass is 16.5. The molecule has 15 heavy (non-hydrogen) atoms. The van der Waals surface area contributed by atoms with Crippen LogP contribution in [0.5, 0.6) is 5.75 Å². The quantitative estimate of drug-likeness (QED) is 0.744. The van der Waals surface area contributed by atoms with Crippen LogP contribution in [0.25, 0.3) is 11.3 Å². The molecule has 2 aromatic rings. The standard InChI is InChI=1S/C11H11N3O/c1-8-12-5-9(6-13-8)11-4-3-10(15-2)7-14-11/h3-7H,1-2H3. The summed E-state index contributed by atoms with van der Waals surface area (Å²) in [5, 5.41) is 0. The topological polar surface area (TPSA) is 47.9 Å². The molecule has 0 radical (unpaired) electrons. The summed E-state index contributed by atoms with van der Waals surface area (Å²) in [6.45, 7) is 1.85. The van der Waals surface area contributed by atoms with Gasteiger partial charge in [0.15, 0.2) is 0 Å². The fraction of sp³-hybridized carbons (Fsp3) is 0.182. The van der Waals surface area contributed by atoms with Gasteiger partial charge in [-0.15, -0.1) is 0 Å². The van der Waals surface area contributed by atoms with Gasteiger partial charge in [0.25, 0.3) is 0 Å². The van der Waals surface area contributed by atoms with Crippen LogP contribution in [-0.2, 0) is 0 Å². The third-order valence-corrected chi connectivity index (χ3v) is 2.05. The van der Waals surface area contributed by atoms with Gasteiger partial charge in [-0.25, -0.2) is 9.97 Å². The van der Waals surface area contributed by atoms with Crippen molar-refractivity contribution < 1.29 is 4.74 Å². The molecule has 76 valence electrons. The molecule has 0 bridgehead atoms. The Morgan fingerprint density at radius 1 is 1.00 bits per heavy atom. The number of rotatable bonds is 2. The van der Waals surface area contributed by atoms with Crippen LogP contribution >= 0.6 is 0 Å². The van der Waals surface area contributed by atoms with Crippen LogP contribution < -0.4 is 4.74 Å². The fourth-order valence-corrected chi connectivity index (χ4v) is 1.20. The van der Waals surface area contributed by atoms with E-state index in [4.69, 9.17) is 4.74 Å². The molecule has 0 aliphatic rings. The van der Waals surface area contributed by atoms with Crippen LogP contribution in [0.15, 0.2) is 30.7 Å². The first-order chi connectivity index (χ1) is 7.29. The van der Waals surface area contributed by atoms with Crippen molar-refractivity contribution in [2.24, 2.45) is 0 Å². The van der Waals surface area contributed by atoms with Gasteiger partial charge in [0.1, 0.15) is 11.6 Å². The lowest BCUT2D eigenvalue weighted by Gasteiger charge is -2.02. The second-order valence-electron chi connectivity index (χ2n) is 3.10. The molecule has 0 saturated carbocycles. The maximum Gasteiger partial charge on any atom is 0.137 e. The molecule has 2 aromatic heterocycles. The number of aromatic nitrogens is 3. The number of ether oxygens (including phenoxy) is 1. The maximum atomic E-state index is 5.03. The van der Waals surface area contributed by atoms with Crippen molar-refractivity contribution in [2.45, 2.75) is 6.92 Å². The summed E-state index contributed by atoms with van der Waals surface area (Å²) in [4.78, 5) is 12.5. The zero-order valence-corrected chi connectivity index (χ0v) is 8.64. The van der Waals surface area contributed by atoms with Gasteiger partial charge in [0, 0.05) is 18.0 Å². The predicted molar refractivity (Wildman–Crippen MR) is 56.6 cm³/mol. The van der Waals surface area contributed by atoms with Crippen LogP contribution in [0.3, 0.4) is 0 Å². The molecule has 0 N–H and O–H groups in total. The molecular formula is C11H11N3O. The predicted octanol–water partition coefficient (Wildman–Crippen LogP) is 1.86. The third kappa shape index (κ3) is 2.10. The lowest BCUT2D eigenvalue weighted by atomic mass is 10.2. The van der Waals surface area contributed by atoms with Crippen LogP contribution in [-0.4, -0.2) is 22.1 Å². The first-order valence-corrected chi connectivity index (χ1v) is 4.58. The molecule has 2 rings (SSSR count). The minimum Gasteiger partial charge on any atom is -0.495 e. The highest BCUT2D eigenvalue weighted by Gasteiger charge is 2.00. The number of pyridine rings is 1. The van der Waals surface area contributed by atoms with Crippen LogP contribution in [0.4, 0.5) is 0 Å². The average molecular weight is 201 g/mol. The zero-order valence-electron chi connectivity index (χ0n) is 8.64. The van der Waals surface area contributed by atoms with E-state index >= 15 is 0 Å². The van der Waals surface area contributed by atoms with E-state index in [0.717, 1.165) is 22.8 Å². The summed E-state index contributed by atoms with van der Waals surface area (Å²) in [5.74, 6) is 1.50. The molecule has 0 amide bonds. The van der Waals surface area contributed by atoms with E-state index in [-0.39, 0.29) is 0 Å². The molecule has 0 aliphatic heterocycles. The van der Waals surface area contributed by atoms with E-state index in [9.17, 15) is 0 Å². The lowest BCUT2D eigenvalue weighted by molar-refractivity contribution is 0.413. The van der Waals surface area contributed by atoms with E-state index in [2.05, 4.69) is 15.0 Å². The molecule has 4 nitrogen and oxygen atoms in total. The van der Waals surface area contributed by atoms with Crippen LogP contribution in [0.1, 0.15) is 5.82 Å². The molecule has 0 saturated heterocycles. The van der Waals surface area contributed by atoms with Gasteiger partial charge in [-0.3, -0.25) is 4.98 Å². The molecule has 2 heterocycles. The van der Waals surface area contributed by atoms with Crippen molar-refractivity contribution in [1.29, 1.82) is 0 Å². The van der Waals surface area contributed by atoms with Gasteiger partial charge in [0.2, 0.25) is 0 Å². The summed E-state index contributed by atoms with van der Waals surface area (Å²) in [7, 11) is 1.62. The van der Waals surface area contributed by atoms with E-state index in [1.807, 2.05) is 19.1 Å². The molecule has 0 aromatic carbocycles. The Balaban J connectivity index is 2.33. The monoisotopic (exact) mass is 201 g/mol. The summed E-state index contributed by atoms with van der Waals surface area (Å²) in [6, 6.07) is 3.75. The Labute approximate surface area is 88.0 Å². The largest absolute Gasteiger partial charge is 0.495 e. The molecule has 0 aliphatic carbocycles. The van der Waals surface area contributed by atoms with Crippen molar-refractivity contribution in [2.75, 3.05) is 7.11 Å². The Morgan fingerprint density at radius 3 is 2.27 bits per heavy atom. The van der Waals surface area contributed by atoms with Gasteiger partial charge >= 0.3 is 0 Å². The highest BCUT2D eigenvalue weighted by molar-refractivity contribution is 5.56. The molecule has 0 fully saturated rings. The molecule has 0 atom stereocenters. The fourth-order valence-electron chi connectivity index (χ4n) is 1.20. The minimum atomic E-state index is 0.742. The third-order valence-electron chi connectivity index (χ3n) is 2.05. The summed E-state index contributed by atoms with van der Waals surface area (Å²) in [5.41, 5.74) is 1.75. The lowest BCUT2D eigenvalue weighted by Crippen LogP contribution is -1.90. The van der Waals surface area contributed by atoms with Crippen molar-refractivity contribution >= 4 is 0 Å². The number of methoxy groups -OCH3 is 1. The number of nitrogens with zero attached hydrogens (tertiary/aromatic N) is 3. The Hall–Kier alpha value is -1.97. The van der Waals surface area contributed by atoms with Crippen molar-refractivity contribution in [3.05, 3.63) is 36.5 Å². The number of hydrogen-bond acceptors (Lipinski definition) is 4. The van der Waals surface area contributed by atoms with Gasteiger partial charge in [0.05, 0.1) is 19.0 Å². The van der Waals surface area contributed by atoms with Crippen LogP contribution in [0.2, 0.25) is 0 Å². The van der Waals surface area contributed by atoms with E-state index in [0.29, 0.717) is 0 Å². The minimum absolute atomic E-state index is 0.742. The second-order valence-corrected chi connectivity index (χ2v) is 3.10. The maximum absolute atomic E-state index is 5.03. The number of aryl methyl sites for hydroxylation is 1. The summed E-state index contributed by atoms with van der Waals surface area (Å²) in [6.07, 6.45) is 5.20. The van der Waals surface area contributed by atoms with Gasteiger partial charge in [-0.05, 0) is 19.1 Å². The van der Waals surface area contributed by atoms with Crippen molar-refractivity contribution in [3.8, 4) is 17.0 Å². The molecular weight excluding hydrogens is 190 g/mol. The summed E-state index contributed by atoms with van der Waals surface area (Å²) < 4.78 is 5.03. The van der Waals surface area contributed by atoms with Gasteiger partial charge in [-0.2, -0.15) is 0 Å². The first-order valence-electron chi connectivity index (χ1n) is 4.58. The zero-order chi connectivity index (χ0) is 10.7. The first kappa shape index (κ1) is 9.58. The SMILES string of the molecule is COc1ccc(-c2cnc(C)nc2)nc1. The normalized spacial score (nSPS) is 10.0. The number of hydrogen-bond donors (Lipinski definition) is 0. The smallest absolute Gasteiger partial charge is 0.137 e. The second kappa shape index (κ2) is 4.04. The van der Waals surface area contributed by atoms with Crippen molar-refractivity contribution in [3.63, 3.8) is 0 Å². The molecule has 0 spiro atoms. The van der Waals surface area contributed by atoms with Crippen LogP contribution in [0, 0.1) is 6.92 Å². The molecule has 0 unspecified atom stereocenters. The van der Waals surface area contributed by atoms with E-state index in [1.165, 1.54) is 0 Å². The Kier molecular flexibility index (Phi) is 2.58. The summed E-state index contributed by atoms with van der Waals surface area (Å²) >= 11 is 0. The van der Waals surface area contributed by atoms with E-state index in [1.54, 1.807) is 25.7 Å². The average Bonchev–Trinajstić information content (AvgIpc) is 2.30.